The molecule has 0 bridgehead atoms. The molecule has 2 N–H and O–H groups in total. The summed E-state index contributed by atoms with van der Waals surface area (Å²) in [6.07, 6.45) is 1.08. The lowest BCUT2D eigenvalue weighted by molar-refractivity contribution is -0.129. The van der Waals surface area contributed by atoms with Crippen molar-refractivity contribution in [3.8, 4) is 5.75 Å². The Morgan fingerprint density at radius 3 is 2.48 bits per heavy atom. The second-order valence-corrected chi connectivity index (χ2v) is 6.17. The Hall–Kier alpha value is -2.37. The third kappa shape index (κ3) is 4.18. The standard InChI is InChI=1S/C20H24N2O3/c1-24-17-9-7-16(8-10-17)22(14-15-5-3-2-4-6-15)20(23)19-12-11-18(13-21)25-19/h2-10,18-19H,11-14,21H2,1H3/t18-,19+/m1/s1. The fourth-order valence-electron chi connectivity index (χ4n) is 3.06. The van der Waals surface area contributed by atoms with E-state index in [1.807, 2.05) is 54.6 Å². The van der Waals surface area contributed by atoms with Crippen molar-refractivity contribution >= 4 is 11.6 Å². The predicted molar refractivity (Wildman–Crippen MR) is 97.6 cm³/mol. The van der Waals surface area contributed by atoms with Gasteiger partial charge in [-0.1, -0.05) is 30.3 Å². The molecule has 0 aromatic heterocycles. The molecule has 5 nitrogen and oxygen atoms in total. The van der Waals surface area contributed by atoms with Gasteiger partial charge in [0.2, 0.25) is 0 Å². The summed E-state index contributed by atoms with van der Waals surface area (Å²) in [7, 11) is 1.63. The Kier molecular flexibility index (Phi) is 5.68. The van der Waals surface area contributed by atoms with Crippen LogP contribution >= 0.6 is 0 Å². The highest BCUT2D eigenvalue weighted by molar-refractivity contribution is 5.96. The van der Waals surface area contributed by atoms with Gasteiger partial charge in [0.15, 0.2) is 0 Å². The van der Waals surface area contributed by atoms with Crippen LogP contribution in [0.15, 0.2) is 54.6 Å². The molecular formula is C20H24N2O3. The van der Waals surface area contributed by atoms with E-state index in [-0.39, 0.29) is 12.0 Å². The average molecular weight is 340 g/mol. The molecule has 0 radical (unpaired) electrons. The summed E-state index contributed by atoms with van der Waals surface area (Å²) in [5.74, 6) is 0.737. The molecule has 132 valence electrons. The number of anilines is 1. The first-order chi connectivity index (χ1) is 12.2. The molecule has 0 spiro atoms. The van der Waals surface area contributed by atoms with Crippen LogP contribution in [-0.2, 0) is 16.1 Å². The maximum Gasteiger partial charge on any atom is 0.256 e. The minimum Gasteiger partial charge on any atom is -0.497 e. The van der Waals surface area contributed by atoms with Crippen molar-refractivity contribution in [1.29, 1.82) is 0 Å². The minimum atomic E-state index is -0.431. The predicted octanol–water partition coefficient (Wildman–Crippen LogP) is 2.73. The molecule has 2 aromatic carbocycles. The number of amides is 1. The van der Waals surface area contributed by atoms with Gasteiger partial charge < -0.3 is 20.1 Å². The molecule has 1 fully saturated rings. The molecule has 0 aliphatic carbocycles. The van der Waals surface area contributed by atoms with E-state index >= 15 is 0 Å². The molecule has 1 aliphatic heterocycles. The van der Waals surface area contributed by atoms with E-state index < -0.39 is 6.10 Å². The first kappa shape index (κ1) is 17.5. The van der Waals surface area contributed by atoms with Gasteiger partial charge in [0.25, 0.3) is 5.91 Å². The van der Waals surface area contributed by atoms with E-state index in [1.165, 1.54) is 0 Å². The topological polar surface area (TPSA) is 64.8 Å². The third-order valence-electron chi connectivity index (χ3n) is 4.48. The Morgan fingerprint density at radius 2 is 1.88 bits per heavy atom. The highest BCUT2D eigenvalue weighted by atomic mass is 16.5. The van der Waals surface area contributed by atoms with Crippen LogP contribution in [0.1, 0.15) is 18.4 Å². The van der Waals surface area contributed by atoms with Gasteiger partial charge >= 0.3 is 0 Å². The van der Waals surface area contributed by atoms with Crippen LogP contribution in [0.5, 0.6) is 5.75 Å². The smallest absolute Gasteiger partial charge is 0.256 e. The Bertz CT molecular complexity index is 688. The highest BCUT2D eigenvalue weighted by Gasteiger charge is 2.33. The summed E-state index contributed by atoms with van der Waals surface area (Å²) in [6.45, 7) is 0.949. The lowest BCUT2D eigenvalue weighted by Crippen LogP contribution is -2.39. The quantitative estimate of drug-likeness (QED) is 0.878. The Morgan fingerprint density at radius 1 is 1.16 bits per heavy atom. The summed E-state index contributed by atoms with van der Waals surface area (Å²) in [6, 6.07) is 17.5. The van der Waals surface area contributed by atoms with Crippen molar-refractivity contribution in [2.75, 3.05) is 18.6 Å². The van der Waals surface area contributed by atoms with Gasteiger partial charge in [-0.05, 0) is 42.7 Å². The van der Waals surface area contributed by atoms with Gasteiger partial charge in [0.1, 0.15) is 11.9 Å². The summed E-state index contributed by atoms with van der Waals surface area (Å²) < 4.78 is 11.0. The Labute approximate surface area is 148 Å². The van der Waals surface area contributed by atoms with E-state index in [4.69, 9.17) is 15.2 Å². The molecule has 0 saturated carbocycles. The second kappa shape index (κ2) is 8.14. The molecule has 1 amide bonds. The number of benzene rings is 2. The van der Waals surface area contributed by atoms with Crippen molar-refractivity contribution in [2.45, 2.75) is 31.6 Å². The van der Waals surface area contributed by atoms with Crippen molar-refractivity contribution in [3.05, 3.63) is 60.2 Å². The van der Waals surface area contributed by atoms with E-state index in [0.29, 0.717) is 19.5 Å². The molecule has 1 saturated heterocycles. The van der Waals surface area contributed by atoms with Crippen molar-refractivity contribution in [2.24, 2.45) is 5.73 Å². The lowest BCUT2D eigenvalue weighted by atomic mass is 10.1. The zero-order chi connectivity index (χ0) is 17.6. The van der Waals surface area contributed by atoms with Crippen molar-refractivity contribution < 1.29 is 14.3 Å². The first-order valence-electron chi connectivity index (χ1n) is 8.56. The molecule has 2 aromatic rings. The Balaban J connectivity index is 1.84. The monoisotopic (exact) mass is 340 g/mol. The van der Waals surface area contributed by atoms with Crippen LogP contribution in [0.4, 0.5) is 5.69 Å². The summed E-state index contributed by atoms with van der Waals surface area (Å²) in [5, 5.41) is 0. The van der Waals surface area contributed by atoms with Crippen LogP contribution in [0.3, 0.4) is 0 Å². The van der Waals surface area contributed by atoms with Crippen LogP contribution < -0.4 is 15.4 Å². The number of methoxy groups -OCH3 is 1. The molecule has 1 heterocycles. The number of ether oxygens (including phenoxy) is 2. The summed E-state index contributed by atoms with van der Waals surface area (Å²) in [4.78, 5) is 14.9. The number of hydrogen-bond donors (Lipinski definition) is 1. The number of hydrogen-bond acceptors (Lipinski definition) is 4. The van der Waals surface area contributed by atoms with Gasteiger partial charge in [-0.25, -0.2) is 0 Å². The lowest BCUT2D eigenvalue weighted by Gasteiger charge is -2.26. The molecule has 5 heteroatoms. The van der Waals surface area contributed by atoms with Crippen LogP contribution in [-0.4, -0.2) is 31.8 Å². The fourth-order valence-corrected chi connectivity index (χ4v) is 3.06. The average Bonchev–Trinajstić information content (AvgIpc) is 3.16. The van der Waals surface area contributed by atoms with Gasteiger partial charge in [-0.15, -0.1) is 0 Å². The number of nitrogens with zero attached hydrogens (tertiary/aromatic N) is 1. The van der Waals surface area contributed by atoms with Gasteiger partial charge in [-0.2, -0.15) is 0 Å². The molecule has 1 aliphatic rings. The molecule has 25 heavy (non-hydrogen) atoms. The second-order valence-electron chi connectivity index (χ2n) is 6.17. The summed E-state index contributed by atoms with van der Waals surface area (Å²) >= 11 is 0. The first-order valence-corrected chi connectivity index (χ1v) is 8.56. The maximum absolute atomic E-state index is 13.1. The van der Waals surface area contributed by atoms with Crippen LogP contribution in [0, 0.1) is 0 Å². The molecule has 3 rings (SSSR count). The maximum atomic E-state index is 13.1. The zero-order valence-corrected chi connectivity index (χ0v) is 14.4. The fraction of sp³-hybridized carbons (Fsp3) is 0.350. The molecule has 2 atom stereocenters. The third-order valence-corrected chi connectivity index (χ3v) is 4.48. The number of nitrogens with two attached hydrogens (primary N) is 1. The normalized spacial score (nSPS) is 19.6. The molecule has 0 unspecified atom stereocenters. The van der Waals surface area contributed by atoms with E-state index in [2.05, 4.69) is 0 Å². The SMILES string of the molecule is COc1ccc(N(Cc2ccccc2)C(=O)[C@@H]2CC[C@H](CN)O2)cc1. The largest absolute Gasteiger partial charge is 0.497 e. The number of carbonyl (C=O) groups is 1. The number of rotatable bonds is 6. The van der Waals surface area contributed by atoms with Crippen molar-refractivity contribution in [3.63, 3.8) is 0 Å². The van der Waals surface area contributed by atoms with E-state index in [0.717, 1.165) is 23.4 Å². The van der Waals surface area contributed by atoms with Crippen molar-refractivity contribution in [1.82, 2.24) is 0 Å². The van der Waals surface area contributed by atoms with Gasteiger partial charge in [0, 0.05) is 12.2 Å². The minimum absolute atomic E-state index is 0.0232. The van der Waals surface area contributed by atoms with E-state index in [1.54, 1.807) is 12.0 Å². The summed E-state index contributed by atoms with van der Waals surface area (Å²) in [5.41, 5.74) is 7.57. The van der Waals surface area contributed by atoms with E-state index in [9.17, 15) is 4.79 Å². The van der Waals surface area contributed by atoms with Gasteiger partial charge in [-0.3, -0.25) is 4.79 Å². The zero-order valence-electron chi connectivity index (χ0n) is 14.4. The molecular weight excluding hydrogens is 316 g/mol. The van der Waals surface area contributed by atoms with Crippen LogP contribution in [0.2, 0.25) is 0 Å². The van der Waals surface area contributed by atoms with Gasteiger partial charge in [0.05, 0.1) is 19.8 Å². The van der Waals surface area contributed by atoms with Crippen LogP contribution in [0.25, 0.3) is 0 Å². The number of carbonyl (C=O) groups excluding carboxylic acids is 1. The highest BCUT2D eigenvalue weighted by Crippen LogP contribution is 2.26.